The molecule has 0 aromatic rings. The molecule has 128 valence electrons. The molecule has 3 fully saturated rings. The number of fused-ring (bicyclic) bond motifs is 3. The van der Waals surface area contributed by atoms with Crippen molar-refractivity contribution < 1.29 is 24.2 Å². The van der Waals surface area contributed by atoms with Gasteiger partial charge in [0.1, 0.15) is 12.2 Å². The average molecular weight is 330 g/mol. The minimum Gasteiger partial charge on any atom is -0.458 e. The summed E-state index contributed by atoms with van der Waals surface area (Å²) in [7, 11) is 0. The van der Waals surface area contributed by atoms with Gasteiger partial charge < -0.3 is 14.6 Å². The van der Waals surface area contributed by atoms with Crippen molar-refractivity contribution in [1.29, 1.82) is 0 Å². The largest absolute Gasteiger partial charge is 0.458 e. The molecule has 0 bridgehead atoms. The summed E-state index contributed by atoms with van der Waals surface area (Å²) in [6.07, 6.45) is -0.865. The summed E-state index contributed by atoms with van der Waals surface area (Å²) in [4.78, 5) is 24.1. The molecule has 5 nitrogen and oxygen atoms in total. The van der Waals surface area contributed by atoms with Crippen LogP contribution in [0.3, 0.4) is 0 Å². The predicted molar refractivity (Wildman–Crippen MR) is 87.7 cm³/mol. The molecule has 0 spiro atoms. The van der Waals surface area contributed by atoms with Gasteiger partial charge in [0, 0.05) is 23.5 Å². The van der Waals surface area contributed by atoms with Gasteiger partial charge >= 0.3 is 11.9 Å². The molecule has 6 atom stereocenters. The Hall–Kier alpha value is -2.14. The number of aliphatic hydroxyl groups is 1. The molecule has 24 heavy (non-hydrogen) atoms. The highest BCUT2D eigenvalue weighted by Crippen LogP contribution is 2.52. The number of rotatable bonds is 2. The summed E-state index contributed by atoms with van der Waals surface area (Å²) in [5.74, 6) is -1.73. The van der Waals surface area contributed by atoms with Gasteiger partial charge in [0.25, 0.3) is 0 Å². The summed E-state index contributed by atoms with van der Waals surface area (Å²) in [5, 5.41) is 10.2. The first-order valence-corrected chi connectivity index (χ1v) is 8.03. The summed E-state index contributed by atoms with van der Waals surface area (Å²) in [6, 6.07) is 0. The van der Waals surface area contributed by atoms with E-state index in [1.165, 1.54) is 0 Å². The maximum atomic E-state index is 12.1. The number of aliphatic hydroxyl groups excluding tert-OH is 1. The lowest BCUT2D eigenvalue weighted by molar-refractivity contribution is -0.148. The first-order chi connectivity index (χ1) is 11.2. The molecular weight excluding hydrogens is 308 g/mol. The van der Waals surface area contributed by atoms with Crippen molar-refractivity contribution in [3.63, 3.8) is 0 Å². The van der Waals surface area contributed by atoms with E-state index in [2.05, 4.69) is 26.3 Å². The van der Waals surface area contributed by atoms with Crippen LogP contribution >= 0.6 is 0 Å². The molecule has 2 saturated carbocycles. The van der Waals surface area contributed by atoms with Gasteiger partial charge in [-0.1, -0.05) is 31.9 Å². The monoisotopic (exact) mass is 330 g/mol. The quantitative estimate of drug-likeness (QED) is 0.477. The molecule has 1 heterocycles. The Labute approximate surface area is 141 Å². The Morgan fingerprint density at radius 3 is 2.58 bits per heavy atom. The second-order valence-electron chi connectivity index (χ2n) is 6.97. The van der Waals surface area contributed by atoms with E-state index in [0.717, 1.165) is 5.57 Å². The Morgan fingerprint density at radius 2 is 1.96 bits per heavy atom. The van der Waals surface area contributed by atoms with Crippen LogP contribution in [0.5, 0.6) is 0 Å². The third-order valence-electron chi connectivity index (χ3n) is 5.38. The zero-order valence-electron chi connectivity index (χ0n) is 13.8. The van der Waals surface area contributed by atoms with Crippen molar-refractivity contribution in [2.75, 3.05) is 0 Å². The molecule has 0 aromatic carbocycles. The van der Waals surface area contributed by atoms with Crippen LogP contribution in [0.4, 0.5) is 0 Å². The number of hydrogen-bond acceptors (Lipinski definition) is 5. The lowest BCUT2D eigenvalue weighted by Crippen LogP contribution is -2.36. The van der Waals surface area contributed by atoms with Crippen molar-refractivity contribution >= 4 is 11.9 Å². The van der Waals surface area contributed by atoms with Crippen LogP contribution in [0.15, 0.2) is 48.6 Å². The van der Waals surface area contributed by atoms with Crippen LogP contribution in [-0.2, 0) is 19.1 Å². The predicted octanol–water partition coefficient (Wildman–Crippen LogP) is 2.09. The van der Waals surface area contributed by atoms with E-state index in [9.17, 15) is 14.7 Å². The smallest absolute Gasteiger partial charge is 0.334 e. The number of carbonyl (C=O) groups excluding carboxylic acids is 2. The molecule has 2 aliphatic carbocycles. The van der Waals surface area contributed by atoms with Gasteiger partial charge in [0.05, 0.1) is 12.0 Å². The van der Waals surface area contributed by atoms with Crippen LogP contribution in [0.2, 0.25) is 0 Å². The van der Waals surface area contributed by atoms with E-state index >= 15 is 0 Å². The van der Waals surface area contributed by atoms with Gasteiger partial charge in [-0.2, -0.15) is 0 Å². The van der Waals surface area contributed by atoms with E-state index in [1.807, 2.05) is 0 Å². The standard InChI is InChI=1S/C19H22O5/c1-8(2)18(21)23-14-6-9(3)12-7-13(20)10(4)15(12)17-16(14)11(5)19(22)24-17/h12-17,20H,1,3-7H2,2H3/t12-,13-,14-,15-,16+,17+/m0/s1. The van der Waals surface area contributed by atoms with Crippen LogP contribution in [0.25, 0.3) is 0 Å². The van der Waals surface area contributed by atoms with Gasteiger partial charge in [-0.3, -0.25) is 0 Å². The molecule has 1 N–H and O–H groups in total. The van der Waals surface area contributed by atoms with Gasteiger partial charge in [0.15, 0.2) is 0 Å². The SMILES string of the molecule is C=C(C)C(=O)O[C@H]1CC(=C)[C@@H]2C[C@H](O)C(=C)[C@@H]2[C@H]2OC(=O)C(=C)[C@@H]21. The maximum absolute atomic E-state index is 12.1. The molecule has 0 aromatic heterocycles. The van der Waals surface area contributed by atoms with Crippen molar-refractivity contribution in [1.82, 2.24) is 0 Å². The van der Waals surface area contributed by atoms with E-state index < -0.39 is 36.2 Å². The van der Waals surface area contributed by atoms with Crippen LogP contribution in [-0.4, -0.2) is 35.4 Å². The van der Waals surface area contributed by atoms with Crippen LogP contribution in [0, 0.1) is 17.8 Å². The molecule has 1 aliphatic heterocycles. The summed E-state index contributed by atoms with van der Waals surface area (Å²) >= 11 is 0. The minimum atomic E-state index is -0.639. The zero-order chi connectivity index (χ0) is 17.8. The third kappa shape index (κ3) is 2.44. The summed E-state index contributed by atoms with van der Waals surface area (Å²) in [5.41, 5.74) is 2.10. The molecular formula is C19H22O5. The third-order valence-corrected chi connectivity index (χ3v) is 5.38. The molecule has 0 unspecified atom stereocenters. The lowest BCUT2D eigenvalue weighted by atomic mass is 9.81. The first-order valence-electron chi connectivity index (χ1n) is 8.03. The molecule has 5 heteroatoms. The molecule has 0 radical (unpaired) electrons. The number of esters is 2. The average Bonchev–Trinajstić information content (AvgIpc) is 2.92. The lowest BCUT2D eigenvalue weighted by Gasteiger charge is -2.28. The van der Waals surface area contributed by atoms with E-state index in [-0.39, 0.29) is 17.4 Å². The van der Waals surface area contributed by atoms with Gasteiger partial charge in [-0.25, -0.2) is 9.59 Å². The van der Waals surface area contributed by atoms with Crippen molar-refractivity contribution in [3.05, 3.63) is 48.6 Å². The highest BCUT2D eigenvalue weighted by atomic mass is 16.6. The second kappa shape index (κ2) is 5.74. The fraction of sp³-hybridized carbons (Fsp3) is 0.474. The fourth-order valence-corrected chi connectivity index (χ4v) is 4.11. The van der Waals surface area contributed by atoms with Crippen molar-refractivity contribution in [3.8, 4) is 0 Å². The van der Waals surface area contributed by atoms with E-state index in [4.69, 9.17) is 9.47 Å². The first kappa shape index (κ1) is 16.7. The highest BCUT2D eigenvalue weighted by molar-refractivity contribution is 5.91. The zero-order valence-corrected chi connectivity index (χ0v) is 13.8. The Kier molecular flexibility index (Phi) is 4.00. The minimum absolute atomic E-state index is 0.0489. The van der Waals surface area contributed by atoms with Crippen LogP contribution in [0.1, 0.15) is 19.8 Å². The Bertz CT molecular complexity index is 673. The van der Waals surface area contributed by atoms with Crippen molar-refractivity contribution in [2.45, 2.75) is 38.1 Å². The van der Waals surface area contributed by atoms with E-state index in [1.54, 1.807) is 6.92 Å². The number of hydrogen-bond donors (Lipinski definition) is 1. The summed E-state index contributed by atoms with van der Waals surface area (Å²) < 4.78 is 11.1. The molecule has 3 rings (SSSR count). The normalized spacial score (nSPS) is 38.2. The molecule has 1 saturated heterocycles. The number of carbonyl (C=O) groups is 2. The molecule has 0 amide bonds. The van der Waals surface area contributed by atoms with E-state index in [0.29, 0.717) is 24.0 Å². The van der Waals surface area contributed by atoms with Gasteiger partial charge in [0.2, 0.25) is 0 Å². The maximum Gasteiger partial charge on any atom is 0.334 e. The van der Waals surface area contributed by atoms with Crippen LogP contribution < -0.4 is 0 Å². The van der Waals surface area contributed by atoms with Crippen molar-refractivity contribution in [2.24, 2.45) is 17.8 Å². The second-order valence-corrected chi connectivity index (χ2v) is 6.97. The Morgan fingerprint density at radius 1 is 1.29 bits per heavy atom. The topological polar surface area (TPSA) is 72.8 Å². The molecule has 3 aliphatic rings. The Balaban J connectivity index is 2.00. The highest BCUT2D eigenvalue weighted by Gasteiger charge is 2.56. The number of ether oxygens (including phenoxy) is 2. The van der Waals surface area contributed by atoms with Gasteiger partial charge in [-0.05, 0) is 24.8 Å². The fourth-order valence-electron chi connectivity index (χ4n) is 4.11. The van der Waals surface area contributed by atoms with Gasteiger partial charge in [-0.15, -0.1) is 0 Å². The summed E-state index contributed by atoms with van der Waals surface area (Å²) in [6.45, 7) is 17.1.